The molecule has 1 aliphatic heterocycles. The van der Waals surface area contributed by atoms with E-state index in [1.54, 1.807) is 24.3 Å². The second-order valence-electron chi connectivity index (χ2n) is 18.9. The van der Waals surface area contributed by atoms with Gasteiger partial charge >= 0.3 is 0 Å². The molecular formula is C57H68Cl3N5O5. The van der Waals surface area contributed by atoms with Gasteiger partial charge in [-0.3, -0.25) is 14.3 Å². The van der Waals surface area contributed by atoms with Crippen LogP contribution in [-0.2, 0) is 17.0 Å². The third-order valence-electron chi connectivity index (χ3n) is 13.2. The lowest BCUT2D eigenvalue weighted by Gasteiger charge is -2.44. The first-order valence-corrected chi connectivity index (χ1v) is 26.2. The zero-order valence-electron chi connectivity index (χ0n) is 40.8. The topological polar surface area (TPSA) is 123 Å². The number of nitrogens with one attached hydrogen (secondary N) is 1. The highest BCUT2D eigenvalue weighted by atomic mass is 35.5. The molecule has 3 aliphatic rings. The molecule has 13 heteroatoms. The number of piperidine rings is 1. The van der Waals surface area contributed by atoms with E-state index in [0.717, 1.165) is 68.4 Å². The summed E-state index contributed by atoms with van der Waals surface area (Å²) >= 11 is 20.0. The van der Waals surface area contributed by atoms with Crippen LogP contribution < -0.4 is 10.1 Å². The van der Waals surface area contributed by atoms with Crippen LogP contribution in [-0.4, -0.2) is 55.9 Å². The number of nitrogens with zero attached hydrogens (tertiary/aromatic N) is 4. The summed E-state index contributed by atoms with van der Waals surface area (Å²) in [5, 5.41) is 25.5. The molecule has 0 bridgehead atoms. The second kappa shape index (κ2) is 25.8. The fourth-order valence-corrected chi connectivity index (χ4v) is 10.0. The van der Waals surface area contributed by atoms with Crippen molar-refractivity contribution in [2.75, 3.05) is 13.1 Å². The summed E-state index contributed by atoms with van der Waals surface area (Å²) in [6, 6.07) is 12.5. The van der Waals surface area contributed by atoms with Gasteiger partial charge in [-0.15, -0.1) is 0 Å². The van der Waals surface area contributed by atoms with Crippen molar-refractivity contribution in [2.45, 2.75) is 147 Å². The number of aliphatic hydroxyl groups is 1. The van der Waals surface area contributed by atoms with Gasteiger partial charge in [0.2, 0.25) is 5.91 Å². The molecule has 0 spiro atoms. The van der Waals surface area contributed by atoms with E-state index in [-0.39, 0.29) is 42.3 Å². The minimum Gasteiger partial charge on any atom is -0.489 e. The summed E-state index contributed by atoms with van der Waals surface area (Å²) in [4.78, 5) is 28.5. The lowest BCUT2D eigenvalue weighted by atomic mass is 9.66. The summed E-state index contributed by atoms with van der Waals surface area (Å²) in [6.45, 7) is 7.61. The molecule has 2 aromatic carbocycles. The van der Waals surface area contributed by atoms with Crippen molar-refractivity contribution in [1.82, 2.24) is 25.2 Å². The predicted octanol–water partition coefficient (Wildman–Crippen LogP) is 14.5. The minimum atomic E-state index is -1.16. The number of amides is 2. The maximum Gasteiger partial charge on any atom is 0.272 e. The molecule has 10 nitrogen and oxygen atoms in total. The number of benzene rings is 2. The molecule has 0 atom stereocenters. The van der Waals surface area contributed by atoms with Gasteiger partial charge in [-0.05, 0) is 128 Å². The third kappa shape index (κ3) is 14.3. The molecule has 3 fully saturated rings. The van der Waals surface area contributed by atoms with Gasteiger partial charge in [0, 0.05) is 60.3 Å². The Hall–Kier alpha value is -5.13. The van der Waals surface area contributed by atoms with Crippen LogP contribution in [0.25, 0.3) is 11.3 Å². The number of halogens is 3. The number of allylic oxidation sites excluding steroid dienone is 12. The number of aromatic nitrogens is 3. The molecule has 4 aromatic rings. The van der Waals surface area contributed by atoms with Gasteiger partial charge in [-0.2, -0.15) is 5.10 Å². The normalized spacial score (nSPS) is 19.1. The third-order valence-corrected chi connectivity index (χ3v) is 14.1. The van der Waals surface area contributed by atoms with Gasteiger partial charge < -0.3 is 24.6 Å². The SMILES string of the molecule is CC/C=C\C/C=C\C/C=C\C/C=C\C/C=C\C/C=C\CCC(=O)N1CCC(NC(=O)c2cc(C3CC(O)(c4ccc(OCc5c(-c6c(Cl)cccc6Cl)noc5C5CC5)cc4Cl)C3)n(C(C)C)n2)CC1. The van der Waals surface area contributed by atoms with Crippen molar-refractivity contribution in [1.29, 1.82) is 0 Å². The van der Waals surface area contributed by atoms with E-state index in [2.05, 4.69) is 90.3 Å². The van der Waals surface area contributed by atoms with E-state index in [0.29, 0.717) is 94.9 Å². The molecule has 3 heterocycles. The number of ether oxygens (including phenoxy) is 1. The van der Waals surface area contributed by atoms with Crippen molar-refractivity contribution >= 4 is 46.6 Å². The van der Waals surface area contributed by atoms with Crippen LogP contribution in [0.5, 0.6) is 5.75 Å². The Balaban J connectivity index is 0.820. The second-order valence-corrected chi connectivity index (χ2v) is 20.1. The van der Waals surface area contributed by atoms with Crippen LogP contribution in [0.1, 0.15) is 162 Å². The molecule has 2 aromatic heterocycles. The Bertz CT molecular complexity index is 2550. The molecular weight excluding hydrogens is 941 g/mol. The molecule has 7 rings (SSSR count). The first kappa shape index (κ1) is 52.7. The lowest BCUT2D eigenvalue weighted by molar-refractivity contribution is -0.132. The molecule has 2 saturated carbocycles. The zero-order valence-corrected chi connectivity index (χ0v) is 43.1. The van der Waals surface area contributed by atoms with Gasteiger partial charge in [0.25, 0.3) is 5.91 Å². The van der Waals surface area contributed by atoms with E-state index in [1.807, 2.05) is 41.6 Å². The summed E-state index contributed by atoms with van der Waals surface area (Å²) < 4.78 is 14.0. The van der Waals surface area contributed by atoms with Gasteiger partial charge in [0.05, 0.1) is 26.2 Å². The monoisotopic (exact) mass is 1010 g/mol. The van der Waals surface area contributed by atoms with E-state index in [4.69, 9.17) is 49.2 Å². The fraction of sp³-hybridized carbons (Fsp3) is 0.439. The maximum absolute atomic E-state index is 13.6. The summed E-state index contributed by atoms with van der Waals surface area (Å²) in [5.41, 5.74) is 2.69. The predicted molar refractivity (Wildman–Crippen MR) is 283 cm³/mol. The first-order chi connectivity index (χ1) is 34.0. The minimum absolute atomic E-state index is 0.00717. The van der Waals surface area contributed by atoms with Crippen LogP contribution in [0.2, 0.25) is 15.1 Å². The van der Waals surface area contributed by atoms with Crippen molar-refractivity contribution in [2.24, 2.45) is 0 Å². The van der Waals surface area contributed by atoms with Gasteiger partial charge in [0.1, 0.15) is 29.5 Å². The Kier molecular flexibility index (Phi) is 19.4. The molecule has 372 valence electrons. The number of rotatable bonds is 24. The average molecular weight is 1010 g/mol. The Morgan fingerprint density at radius 2 is 1.41 bits per heavy atom. The zero-order chi connectivity index (χ0) is 49.5. The van der Waals surface area contributed by atoms with Gasteiger partial charge in [-0.25, -0.2) is 0 Å². The fourth-order valence-electron chi connectivity index (χ4n) is 9.13. The van der Waals surface area contributed by atoms with E-state index in [1.165, 1.54) is 0 Å². The van der Waals surface area contributed by atoms with Gasteiger partial charge in [-0.1, -0.05) is 132 Å². The van der Waals surface area contributed by atoms with Gasteiger partial charge in [0.15, 0.2) is 0 Å². The Labute approximate surface area is 429 Å². The number of carbonyl (C=O) groups is 2. The van der Waals surface area contributed by atoms with Crippen LogP contribution in [0, 0.1) is 0 Å². The summed E-state index contributed by atoms with van der Waals surface area (Å²) in [7, 11) is 0. The highest BCUT2D eigenvalue weighted by Crippen LogP contribution is 2.53. The van der Waals surface area contributed by atoms with E-state index >= 15 is 0 Å². The molecule has 2 N–H and O–H groups in total. The van der Waals surface area contributed by atoms with E-state index in [9.17, 15) is 14.7 Å². The van der Waals surface area contributed by atoms with Crippen molar-refractivity contribution in [3.05, 3.63) is 159 Å². The molecule has 1 saturated heterocycles. The van der Waals surface area contributed by atoms with Crippen LogP contribution in [0.4, 0.5) is 0 Å². The van der Waals surface area contributed by atoms with Crippen LogP contribution >= 0.6 is 34.8 Å². The number of hydrogen-bond acceptors (Lipinski definition) is 7. The smallest absolute Gasteiger partial charge is 0.272 e. The number of hydrogen-bond donors (Lipinski definition) is 2. The van der Waals surface area contributed by atoms with Crippen molar-refractivity contribution in [3.63, 3.8) is 0 Å². The highest BCUT2D eigenvalue weighted by molar-refractivity contribution is 6.39. The average Bonchev–Trinajstić information content (AvgIpc) is 3.94. The molecule has 0 unspecified atom stereocenters. The summed E-state index contributed by atoms with van der Waals surface area (Å²) in [5.74, 6) is 1.49. The lowest BCUT2D eigenvalue weighted by Crippen LogP contribution is -2.46. The number of carbonyl (C=O) groups excluding carboxylic acids is 2. The first-order valence-electron chi connectivity index (χ1n) is 25.1. The maximum atomic E-state index is 13.6. The number of likely N-dealkylation sites (tertiary alicyclic amines) is 1. The largest absolute Gasteiger partial charge is 0.489 e. The molecule has 0 radical (unpaired) electrons. The Morgan fingerprint density at radius 1 is 0.814 bits per heavy atom. The van der Waals surface area contributed by atoms with Crippen LogP contribution in [0.3, 0.4) is 0 Å². The molecule has 2 aliphatic carbocycles. The molecule has 70 heavy (non-hydrogen) atoms. The molecule has 2 amide bonds. The Morgan fingerprint density at radius 3 is 1.99 bits per heavy atom. The standard InChI is InChI=1S/C57H68Cl3N5O5/c1-4-5-6-7-8-9-10-11-12-13-14-15-16-17-18-19-20-21-22-26-52(66)64-33-31-43(32-34-64)61-56(67)50-36-51(65(62-50)40(2)3)42-37-57(68,38-42)46-30-29-44(35-49(46)60)69-39-45-54(63-70-55(45)41-27-28-41)53-47(58)24-23-25-48(53)59/h5-6,8-9,11-12,14-15,17-18,20-21,23-25,29-30,35-36,40-43,68H,4,7,10,13,16,19,22,26-28,31-34,37-39H2,1-3H3,(H,61,67)/b6-5-,9-8-,12-11-,15-14-,18-17-,21-20-. The van der Waals surface area contributed by atoms with E-state index < -0.39 is 5.60 Å². The quantitative estimate of drug-likeness (QED) is 0.0670. The summed E-state index contributed by atoms with van der Waals surface area (Å²) in [6.07, 6.45) is 37.4. The van der Waals surface area contributed by atoms with Crippen molar-refractivity contribution < 1.29 is 24.0 Å². The van der Waals surface area contributed by atoms with Crippen LogP contribution in [0.15, 0.2) is 120 Å². The highest BCUT2D eigenvalue weighted by Gasteiger charge is 2.47. The van der Waals surface area contributed by atoms with Crippen molar-refractivity contribution in [3.8, 4) is 17.0 Å².